The van der Waals surface area contributed by atoms with Gasteiger partial charge in [0.1, 0.15) is 36.2 Å². The first-order valence-electron chi connectivity index (χ1n) is 17.5. The zero-order chi connectivity index (χ0) is 37.0. The van der Waals surface area contributed by atoms with Crippen molar-refractivity contribution >= 4 is 29.6 Å². The Morgan fingerprint density at radius 3 is 2.52 bits per heavy atom. The maximum Gasteiger partial charge on any atom is 0.317 e. The van der Waals surface area contributed by atoms with E-state index < -0.39 is 47.9 Å². The largest absolute Gasteiger partial charge is 0.487 e. The second-order valence-corrected chi connectivity index (χ2v) is 13.1. The maximum atomic E-state index is 14.2. The van der Waals surface area contributed by atoms with E-state index in [4.69, 9.17) is 4.74 Å². The summed E-state index contributed by atoms with van der Waals surface area (Å²) in [5.74, 6) is -2.10. The lowest BCUT2D eigenvalue weighted by Gasteiger charge is -2.30. The van der Waals surface area contributed by atoms with Crippen molar-refractivity contribution in [2.45, 2.75) is 69.9 Å². The highest BCUT2D eigenvalue weighted by molar-refractivity contribution is 5.95. The summed E-state index contributed by atoms with van der Waals surface area (Å²) >= 11 is 0. The topological polar surface area (TPSA) is 200 Å². The molecule has 0 spiro atoms. The van der Waals surface area contributed by atoms with Crippen LogP contribution in [0.15, 0.2) is 60.8 Å². The molecule has 0 aliphatic carbocycles. The lowest BCUT2D eigenvalue weighted by atomic mass is 10.0. The minimum Gasteiger partial charge on any atom is -0.487 e. The van der Waals surface area contributed by atoms with Crippen LogP contribution in [0.2, 0.25) is 0 Å². The molecule has 3 aliphatic rings. The zero-order valence-electron chi connectivity index (χ0n) is 29.5. The van der Waals surface area contributed by atoms with E-state index in [9.17, 15) is 29.1 Å². The van der Waals surface area contributed by atoms with Crippen molar-refractivity contribution < 1.29 is 33.8 Å². The van der Waals surface area contributed by atoms with Crippen LogP contribution < -0.4 is 26.0 Å². The van der Waals surface area contributed by atoms with Gasteiger partial charge in [-0.15, -0.1) is 5.10 Å². The fourth-order valence-corrected chi connectivity index (χ4v) is 6.25. The molecule has 3 aromatic rings. The number of fused-ring (bicyclic) bond motifs is 14. The van der Waals surface area contributed by atoms with Crippen LogP contribution >= 0.6 is 0 Å². The predicted molar refractivity (Wildman–Crippen MR) is 189 cm³/mol. The van der Waals surface area contributed by atoms with Gasteiger partial charge in [-0.2, -0.15) is 0 Å². The number of nitrogens with one attached hydrogen (secondary N) is 4. The Morgan fingerprint density at radius 1 is 1.02 bits per heavy atom. The molecule has 1 fully saturated rings. The lowest BCUT2D eigenvalue weighted by molar-refractivity contribution is -0.142. The molecule has 16 nitrogen and oxygen atoms in total. The number of ether oxygens (including phenoxy) is 1. The molecule has 1 aromatic heterocycles. The fourth-order valence-electron chi connectivity index (χ4n) is 6.25. The minimum absolute atomic E-state index is 0.128. The van der Waals surface area contributed by atoms with E-state index in [2.05, 4.69) is 31.6 Å². The molecule has 16 heteroatoms. The Labute approximate surface area is 302 Å². The minimum atomic E-state index is -1.01. The molecule has 0 unspecified atom stereocenters. The summed E-state index contributed by atoms with van der Waals surface area (Å²) in [6.45, 7) is 2.95. The van der Waals surface area contributed by atoms with Crippen LogP contribution in [-0.4, -0.2) is 123 Å². The van der Waals surface area contributed by atoms with Gasteiger partial charge in [0.15, 0.2) is 0 Å². The summed E-state index contributed by atoms with van der Waals surface area (Å²) in [6, 6.07) is 13.1. The third-order valence-electron chi connectivity index (χ3n) is 9.26. The Hall–Kier alpha value is -5.35. The van der Waals surface area contributed by atoms with Crippen molar-refractivity contribution in [1.29, 1.82) is 0 Å². The van der Waals surface area contributed by atoms with E-state index >= 15 is 0 Å². The smallest absolute Gasteiger partial charge is 0.317 e. The summed E-state index contributed by atoms with van der Waals surface area (Å²) in [5, 5.41) is 29.4. The van der Waals surface area contributed by atoms with Gasteiger partial charge >= 0.3 is 5.97 Å². The molecule has 5 N–H and O–H groups in total. The Morgan fingerprint density at radius 2 is 1.79 bits per heavy atom. The van der Waals surface area contributed by atoms with Crippen molar-refractivity contribution in [1.82, 2.24) is 46.1 Å². The molecule has 4 heterocycles. The van der Waals surface area contributed by atoms with Crippen molar-refractivity contribution in [2.24, 2.45) is 0 Å². The summed E-state index contributed by atoms with van der Waals surface area (Å²) < 4.78 is 7.51. The average Bonchev–Trinajstić information content (AvgIpc) is 3.82. The molecule has 4 amide bonds. The number of hydrogen-bond acceptors (Lipinski definition) is 10. The second-order valence-electron chi connectivity index (χ2n) is 13.1. The number of rotatable bonds is 7. The number of carboxylic acid groups (broad SMARTS) is 1. The molecule has 6 rings (SSSR count). The molecular weight excluding hydrogens is 670 g/mol. The zero-order valence-corrected chi connectivity index (χ0v) is 29.5. The van der Waals surface area contributed by atoms with Crippen LogP contribution in [0.25, 0.3) is 0 Å². The van der Waals surface area contributed by atoms with Gasteiger partial charge in [0.25, 0.3) is 0 Å². The molecule has 4 atom stereocenters. The number of carboxylic acids is 1. The molecular formula is C36H47N9O7. The van der Waals surface area contributed by atoms with E-state index in [1.165, 1.54) is 4.90 Å². The Bertz CT molecular complexity index is 1680. The van der Waals surface area contributed by atoms with Crippen LogP contribution in [0, 0.1) is 0 Å². The molecule has 2 aromatic carbocycles. The first-order valence-corrected chi connectivity index (χ1v) is 17.5. The van der Waals surface area contributed by atoms with Gasteiger partial charge in [0.2, 0.25) is 23.6 Å². The predicted octanol–water partition coefficient (Wildman–Crippen LogP) is -0.273. The summed E-state index contributed by atoms with van der Waals surface area (Å²) in [6.07, 6.45) is 3.07. The molecule has 0 radical (unpaired) electrons. The summed E-state index contributed by atoms with van der Waals surface area (Å²) in [7, 11) is 1.65. The van der Waals surface area contributed by atoms with Crippen LogP contribution in [-0.2, 0) is 50.0 Å². The molecule has 278 valence electrons. The van der Waals surface area contributed by atoms with Crippen molar-refractivity contribution in [3.63, 3.8) is 0 Å². The van der Waals surface area contributed by atoms with Crippen LogP contribution in [0.3, 0.4) is 0 Å². The van der Waals surface area contributed by atoms with Crippen molar-refractivity contribution in [3.8, 4) is 5.75 Å². The highest BCUT2D eigenvalue weighted by Crippen LogP contribution is 2.21. The molecule has 0 saturated carbocycles. The SMILES string of the molecule is CN[C@@H](C)C(=O)N[C@H]1Cc2ccc(cc2)OCc2cn(nn2)CCN(CC(=O)O)CCNC(=O)[C@H](Cc2ccccc2)NC(=O)[C@@H]2CCCN2C1=O. The molecule has 1 saturated heterocycles. The highest BCUT2D eigenvalue weighted by atomic mass is 16.5. The number of amides is 4. The Kier molecular flexibility index (Phi) is 13.3. The number of carbonyl (C=O) groups excluding carboxylic acids is 4. The first kappa shape index (κ1) is 37.9. The van der Waals surface area contributed by atoms with E-state index in [-0.39, 0.29) is 45.0 Å². The summed E-state index contributed by atoms with van der Waals surface area (Å²) in [5.41, 5.74) is 2.18. The molecule has 52 heavy (non-hydrogen) atoms. The number of benzene rings is 2. The number of carbonyl (C=O) groups is 5. The monoisotopic (exact) mass is 717 g/mol. The van der Waals surface area contributed by atoms with Gasteiger partial charge in [-0.05, 0) is 50.1 Å². The second kappa shape index (κ2) is 18.2. The first-order chi connectivity index (χ1) is 25.1. The summed E-state index contributed by atoms with van der Waals surface area (Å²) in [4.78, 5) is 69.6. The van der Waals surface area contributed by atoms with Crippen LogP contribution in [0.4, 0.5) is 0 Å². The number of aromatic nitrogens is 3. The van der Waals surface area contributed by atoms with E-state index in [0.717, 1.165) is 11.1 Å². The quantitative estimate of drug-likeness (QED) is 0.202. The van der Waals surface area contributed by atoms with Gasteiger partial charge in [-0.3, -0.25) is 33.6 Å². The standard InChI is InChI=1S/C36H47N9O7/c1-24(37-2)33(48)40-30-20-26-10-12-28(13-11-26)52-23-27-21-44(42-41-27)18-17-43(22-32(46)47)16-14-38-34(49)29(19-25-7-4-3-5-8-25)39-35(50)31-9-6-15-45(31)36(30)51/h3-5,7-8,10-13,21,24,29-31,37H,6,9,14-20,22-23H2,1-2H3,(H,38,49)(H,39,50)(H,40,48)(H,46,47)/t24-,29-,30-,31-/m0/s1. The van der Waals surface area contributed by atoms with Crippen LogP contribution in [0.5, 0.6) is 5.75 Å². The van der Waals surface area contributed by atoms with Crippen molar-refractivity contribution in [3.05, 3.63) is 77.6 Å². The van der Waals surface area contributed by atoms with Gasteiger partial charge in [0.05, 0.1) is 25.3 Å². The number of nitrogens with zero attached hydrogens (tertiary/aromatic N) is 5. The number of likely N-dealkylation sites (N-methyl/N-ethyl adjacent to an activating group) is 1. The third-order valence-corrected chi connectivity index (χ3v) is 9.26. The van der Waals surface area contributed by atoms with Crippen LogP contribution in [0.1, 0.15) is 36.6 Å². The number of aliphatic carboxylic acids is 1. The van der Waals surface area contributed by atoms with Gasteiger partial charge in [0, 0.05) is 39.0 Å². The van der Waals surface area contributed by atoms with E-state index in [0.29, 0.717) is 43.9 Å². The van der Waals surface area contributed by atoms with Crippen molar-refractivity contribution in [2.75, 3.05) is 39.8 Å². The van der Waals surface area contributed by atoms with E-state index in [1.54, 1.807) is 41.9 Å². The highest BCUT2D eigenvalue weighted by Gasteiger charge is 2.39. The number of hydrogen-bond donors (Lipinski definition) is 5. The fraction of sp³-hybridized carbons (Fsp3) is 0.472. The normalized spacial score (nSPS) is 21.6. The lowest BCUT2D eigenvalue weighted by Crippen LogP contribution is -2.58. The average molecular weight is 718 g/mol. The van der Waals surface area contributed by atoms with Gasteiger partial charge < -0.3 is 36.0 Å². The molecule has 4 bridgehead atoms. The Balaban J connectivity index is 1.42. The van der Waals surface area contributed by atoms with Gasteiger partial charge in [-0.1, -0.05) is 47.7 Å². The third kappa shape index (κ3) is 10.6. The van der Waals surface area contributed by atoms with E-state index in [1.807, 2.05) is 42.5 Å². The maximum absolute atomic E-state index is 14.2. The van der Waals surface area contributed by atoms with Gasteiger partial charge in [-0.25, -0.2) is 0 Å². The molecule has 3 aliphatic heterocycles.